The molecule has 0 spiro atoms. The SMILES string of the molecule is C=C1C=C(C)CC(c2ccccc2)C1. The molecule has 0 heteroatoms. The monoisotopic (exact) mass is 184 g/mol. The predicted molar refractivity (Wildman–Crippen MR) is 61.3 cm³/mol. The highest BCUT2D eigenvalue weighted by Gasteiger charge is 2.16. The Hall–Kier alpha value is -1.30. The molecule has 0 radical (unpaired) electrons. The third kappa shape index (κ3) is 1.95. The quantitative estimate of drug-likeness (QED) is 0.617. The van der Waals surface area contributed by atoms with E-state index in [1.54, 1.807) is 0 Å². The number of allylic oxidation sites excluding steroid dienone is 3. The molecule has 1 aromatic carbocycles. The average molecular weight is 184 g/mol. The van der Waals surface area contributed by atoms with Gasteiger partial charge < -0.3 is 0 Å². The van der Waals surface area contributed by atoms with Gasteiger partial charge in [0.25, 0.3) is 0 Å². The zero-order chi connectivity index (χ0) is 9.97. The van der Waals surface area contributed by atoms with Crippen molar-refractivity contribution in [1.82, 2.24) is 0 Å². The van der Waals surface area contributed by atoms with Gasteiger partial charge in [-0.1, -0.05) is 54.1 Å². The number of hydrogen-bond acceptors (Lipinski definition) is 0. The summed E-state index contributed by atoms with van der Waals surface area (Å²) in [4.78, 5) is 0. The third-order valence-corrected chi connectivity index (χ3v) is 2.80. The molecule has 1 aromatic rings. The summed E-state index contributed by atoms with van der Waals surface area (Å²) in [5, 5.41) is 0. The number of rotatable bonds is 1. The highest BCUT2D eigenvalue weighted by Crippen LogP contribution is 2.34. The Morgan fingerprint density at radius 2 is 1.86 bits per heavy atom. The van der Waals surface area contributed by atoms with E-state index in [9.17, 15) is 0 Å². The van der Waals surface area contributed by atoms with Crippen LogP contribution in [0.25, 0.3) is 0 Å². The minimum Gasteiger partial charge on any atom is -0.0958 e. The second kappa shape index (κ2) is 3.83. The molecule has 0 nitrogen and oxygen atoms in total. The maximum atomic E-state index is 4.06. The van der Waals surface area contributed by atoms with Crippen molar-refractivity contribution in [3.8, 4) is 0 Å². The molecule has 14 heavy (non-hydrogen) atoms. The fourth-order valence-corrected chi connectivity index (χ4v) is 2.20. The summed E-state index contributed by atoms with van der Waals surface area (Å²) < 4.78 is 0. The van der Waals surface area contributed by atoms with Gasteiger partial charge in [-0.15, -0.1) is 0 Å². The molecule has 0 saturated heterocycles. The van der Waals surface area contributed by atoms with Crippen molar-refractivity contribution in [2.75, 3.05) is 0 Å². The van der Waals surface area contributed by atoms with Crippen LogP contribution in [0.3, 0.4) is 0 Å². The smallest absolute Gasteiger partial charge is 0.00845 e. The zero-order valence-corrected chi connectivity index (χ0v) is 8.66. The molecule has 2 rings (SSSR count). The molecule has 1 aliphatic carbocycles. The summed E-state index contributed by atoms with van der Waals surface area (Å²) >= 11 is 0. The fourth-order valence-electron chi connectivity index (χ4n) is 2.20. The van der Waals surface area contributed by atoms with Gasteiger partial charge in [-0.25, -0.2) is 0 Å². The summed E-state index contributed by atoms with van der Waals surface area (Å²) in [5.74, 6) is 0.647. The van der Waals surface area contributed by atoms with Gasteiger partial charge in [0, 0.05) is 0 Å². The topological polar surface area (TPSA) is 0 Å². The number of benzene rings is 1. The van der Waals surface area contributed by atoms with Crippen LogP contribution in [0.2, 0.25) is 0 Å². The van der Waals surface area contributed by atoms with E-state index in [0.29, 0.717) is 5.92 Å². The van der Waals surface area contributed by atoms with Crippen molar-refractivity contribution in [2.45, 2.75) is 25.7 Å². The summed E-state index contributed by atoms with van der Waals surface area (Å²) in [6.07, 6.45) is 4.52. The lowest BCUT2D eigenvalue weighted by molar-refractivity contribution is 0.658. The maximum absolute atomic E-state index is 4.06. The van der Waals surface area contributed by atoms with E-state index in [1.165, 1.54) is 23.1 Å². The molecule has 0 aromatic heterocycles. The van der Waals surface area contributed by atoms with Gasteiger partial charge in [0.2, 0.25) is 0 Å². The van der Waals surface area contributed by atoms with Crippen molar-refractivity contribution in [3.05, 3.63) is 59.7 Å². The van der Waals surface area contributed by atoms with Crippen LogP contribution < -0.4 is 0 Å². The zero-order valence-electron chi connectivity index (χ0n) is 8.66. The molecule has 0 bridgehead atoms. The second-order valence-electron chi connectivity index (χ2n) is 4.16. The van der Waals surface area contributed by atoms with Crippen LogP contribution in [0.15, 0.2) is 54.1 Å². The predicted octanol–water partition coefficient (Wildman–Crippen LogP) is 4.07. The molecule has 1 unspecified atom stereocenters. The van der Waals surface area contributed by atoms with Crippen LogP contribution in [0.5, 0.6) is 0 Å². The molecule has 0 N–H and O–H groups in total. The van der Waals surface area contributed by atoms with E-state index >= 15 is 0 Å². The van der Waals surface area contributed by atoms with Crippen molar-refractivity contribution >= 4 is 0 Å². The molecule has 1 aliphatic rings. The van der Waals surface area contributed by atoms with Crippen molar-refractivity contribution < 1.29 is 0 Å². The van der Waals surface area contributed by atoms with Crippen molar-refractivity contribution in [1.29, 1.82) is 0 Å². The van der Waals surface area contributed by atoms with Crippen LogP contribution in [0.4, 0.5) is 0 Å². The first kappa shape index (κ1) is 9.26. The fraction of sp³-hybridized carbons (Fsp3) is 0.286. The first-order valence-electron chi connectivity index (χ1n) is 5.15. The Morgan fingerprint density at radius 1 is 1.14 bits per heavy atom. The van der Waals surface area contributed by atoms with E-state index in [4.69, 9.17) is 0 Å². The third-order valence-electron chi connectivity index (χ3n) is 2.80. The summed E-state index contributed by atoms with van der Waals surface area (Å²) in [7, 11) is 0. The highest BCUT2D eigenvalue weighted by molar-refractivity contribution is 5.31. The lowest BCUT2D eigenvalue weighted by Crippen LogP contribution is -2.05. The molecule has 0 aliphatic heterocycles. The van der Waals surface area contributed by atoms with Crippen LogP contribution in [-0.2, 0) is 0 Å². The van der Waals surface area contributed by atoms with Gasteiger partial charge >= 0.3 is 0 Å². The molecule has 1 atom stereocenters. The molecular weight excluding hydrogens is 168 g/mol. The molecule has 72 valence electrons. The number of hydrogen-bond donors (Lipinski definition) is 0. The molecule has 0 saturated carbocycles. The van der Waals surface area contributed by atoms with Crippen molar-refractivity contribution in [2.24, 2.45) is 0 Å². The molecule has 0 amide bonds. The van der Waals surface area contributed by atoms with Crippen LogP contribution in [-0.4, -0.2) is 0 Å². The Balaban J connectivity index is 2.22. The average Bonchev–Trinajstić information content (AvgIpc) is 2.18. The normalized spacial score (nSPS) is 21.9. The van der Waals surface area contributed by atoms with Gasteiger partial charge in [0.05, 0.1) is 0 Å². The van der Waals surface area contributed by atoms with E-state index < -0.39 is 0 Å². The van der Waals surface area contributed by atoms with E-state index in [-0.39, 0.29) is 0 Å². The Kier molecular flexibility index (Phi) is 2.53. The van der Waals surface area contributed by atoms with Gasteiger partial charge in [-0.3, -0.25) is 0 Å². The van der Waals surface area contributed by atoms with Crippen LogP contribution in [0, 0.1) is 0 Å². The standard InChI is InChI=1S/C14H16/c1-11-8-12(2)10-14(9-11)13-6-4-3-5-7-13/h3-8,14H,1,9-10H2,2H3. The van der Waals surface area contributed by atoms with Gasteiger partial charge in [0.1, 0.15) is 0 Å². The lowest BCUT2D eigenvalue weighted by atomic mass is 9.82. The van der Waals surface area contributed by atoms with Crippen molar-refractivity contribution in [3.63, 3.8) is 0 Å². The van der Waals surface area contributed by atoms with Gasteiger partial charge in [-0.05, 0) is 31.2 Å². The van der Waals surface area contributed by atoms with E-state index in [1.807, 2.05) is 0 Å². The Labute approximate surface area is 86.0 Å². The Bertz CT molecular complexity index is 357. The Morgan fingerprint density at radius 3 is 2.50 bits per heavy atom. The summed E-state index contributed by atoms with van der Waals surface area (Å²) in [6, 6.07) is 10.7. The van der Waals surface area contributed by atoms with E-state index in [0.717, 1.165) is 6.42 Å². The van der Waals surface area contributed by atoms with Gasteiger partial charge in [0.15, 0.2) is 0 Å². The van der Waals surface area contributed by atoms with E-state index in [2.05, 4.69) is 49.9 Å². The van der Waals surface area contributed by atoms with Crippen LogP contribution in [0.1, 0.15) is 31.2 Å². The molecule has 0 fully saturated rings. The van der Waals surface area contributed by atoms with Gasteiger partial charge in [-0.2, -0.15) is 0 Å². The first-order valence-corrected chi connectivity index (χ1v) is 5.15. The minimum atomic E-state index is 0.647. The largest absolute Gasteiger partial charge is 0.0958 e. The minimum absolute atomic E-state index is 0.647. The maximum Gasteiger partial charge on any atom is -0.00845 e. The van der Waals surface area contributed by atoms with Crippen LogP contribution >= 0.6 is 0 Å². The molecule has 0 heterocycles. The lowest BCUT2D eigenvalue weighted by Gasteiger charge is -2.22. The molecular formula is C14H16. The second-order valence-corrected chi connectivity index (χ2v) is 4.16. The first-order chi connectivity index (χ1) is 6.75. The highest BCUT2D eigenvalue weighted by atomic mass is 14.2. The summed E-state index contributed by atoms with van der Waals surface area (Å²) in [5.41, 5.74) is 4.17. The summed E-state index contributed by atoms with van der Waals surface area (Å²) in [6.45, 7) is 6.26.